The number of carbonyl (C=O) groups excluding carboxylic acids is 1. The molecule has 1 aliphatic rings. The van der Waals surface area contributed by atoms with Gasteiger partial charge in [-0.1, -0.05) is 19.4 Å². The minimum atomic E-state index is -0.914. The second-order valence-corrected chi connectivity index (χ2v) is 6.55. The maximum absolute atomic E-state index is 13.6. The summed E-state index contributed by atoms with van der Waals surface area (Å²) in [6.07, 6.45) is 3.67. The van der Waals surface area contributed by atoms with Gasteiger partial charge in [-0.2, -0.15) is 5.10 Å². The summed E-state index contributed by atoms with van der Waals surface area (Å²) in [4.78, 5) is 23.8. The second-order valence-electron chi connectivity index (χ2n) is 6.55. The number of fused-ring (bicyclic) bond motifs is 1. The first-order valence-electron chi connectivity index (χ1n) is 8.89. The molecule has 1 unspecified atom stereocenters. The van der Waals surface area contributed by atoms with Gasteiger partial charge < -0.3 is 10.4 Å². The smallest absolute Gasteiger partial charge is 0.308 e. The van der Waals surface area contributed by atoms with Crippen LogP contribution in [-0.2, 0) is 17.6 Å². The molecule has 0 saturated carbocycles. The van der Waals surface area contributed by atoms with Crippen LogP contribution in [0, 0.1) is 11.7 Å². The number of benzene rings is 1. The van der Waals surface area contributed by atoms with Crippen molar-refractivity contribution in [3.63, 3.8) is 0 Å². The predicted molar refractivity (Wildman–Crippen MR) is 93.9 cm³/mol. The van der Waals surface area contributed by atoms with Crippen LogP contribution in [0.15, 0.2) is 24.3 Å². The Hall–Kier alpha value is -2.70. The normalized spacial score (nSPS) is 14.1. The van der Waals surface area contributed by atoms with Crippen molar-refractivity contribution in [3.8, 4) is 5.69 Å². The minimum Gasteiger partial charge on any atom is -0.481 e. The van der Waals surface area contributed by atoms with Crippen LogP contribution in [-0.4, -0.2) is 33.3 Å². The summed E-state index contributed by atoms with van der Waals surface area (Å²) >= 11 is 0. The second kappa shape index (κ2) is 7.68. The lowest BCUT2D eigenvalue weighted by atomic mass is 10.0. The molecule has 1 heterocycles. The quantitative estimate of drug-likeness (QED) is 0.796. The van der Waals surface area contributed by atoms with Crippen molar-refractivity contribution in [3.05, 3.63) is 47.0 Å². The summed E-state index contributed by atoms with van der Waals surface area (Å²) in [6, 6.07) is 6.10. The lowest BCUT2D eigenvalue weighted by Crippen LogP contribution is -2.33. The number of halogens is 1. The first-order valence-corrected chi connectivity index (χ1v) is 8.89. The first-order chi connectivity index (χ1) is 12.5. The Morgan fingerprint density at radius 3 is 2.88 bits per heavy atom. The highest BCUT2D eigenvalue weighted by Crippen LogP contribution is 2.28. The summed E-state index contributed by atoms with van der Waals surface area (Å²) in [6.45, 7) is 1.98. The number of carbonyl (C=O) groups is 2. The third-order valence-electron chi connectivity index (χ3n) is 4.69. The molecule has 2 N–H and O–H groups in total. The average Bonchev–Trinajstić information content (AvgIpc) is 3.20. The van der Waals surface area contributed by atoms with Crippen LogP contribution in [0.1, 0.15) is 47.9 Å². The average molecular weight is 359 g/mol. The zero-order valence-electron chi connectivity index (χ0n) is 14.7. The number of rotatable bonds is 7. The SMILES string of the molecule is CCCC(CNC(=O)c1nn(-c2cccc(F)c2)c2c1CCC2)C(=O)O. The number of aromatic nitrogens is 2. The van der Waals surface area contributed by atoms with E-state index in [9.17, 15) is 19.1 Å². The van der Waals surface area contributed by atoms with Crippen molar-refractivity contribution in [2.75, 3.05) is 6.54 Å². The van der Waals surface area contributed by atoms with Gasteiger partial charge in [-0.05, 0) is 43.9 Å². The van der Waals surface area contributed by atoms with E-state index in [2.05, 4.69) is 10.4 Å². The minimum absolute atomic E-state index is 0.0730. The number of hydrogen-bond acceptors (Lipinski definition) is 3. The number of amides is 1. The highest BCUT2D eigenvalue weighted by molar-refractivity contribution is 5.94. The number of nitrogens with zero attached hydrogens (tertiary/aromatic N) is 2. The summed E-state index contributed by atoms with van der Waals surface area (Å²) in [5.41, 5.74) is 2.68. The Labute approximate surface area is 151 Å². The molecule has 6 nitrogen and oxygen atoms in total. The van der Waals surface area contributed by atoms with Gasteiger partial charge in [0.25, 0.3) is 5.91 Å². The van der Waals surface area contributed by atoms with Gasteiger partial charge in [-0.25, -0.2) is 9.07 Å². The van der Waals surface area contributed by atoms with Gasteiger partial charge >= 0.3 is 5.97 Å². The fourth-order valence-electron chi connectivity index (χ4n) is 3.40. The summed E-state index contributed by atoms with van der Waals surface area (Å²) in [5, 5.41) is 16.3. The van der Waals surface area contributed by atoms with Crippen LogP contribution >= 0.6 is 0 Å². The van der Waals surface area contributed by atoms with Gasteiger partial charge in [0.2, 0.25) is 0 Å². The fraction of sp³-hybridized carbons (Fsp3) is 0.421. The summed E-state index contributed by atoms with van der Waals surface area (Å²) in [7, 11) is 0. The molecule has 1 amide bonds. The van der Waals surface area contributed by atoms with E-state index in [4.69, 9.17) is 0 Å². The predicted octanol–water partition coefficient (Wildman–Crippen LogP) is 2.73. The molecule has 3 rings (SSSR count). The van der Waals surface area contributed by atoms with Gasteiger partial charge in [0.15, 0.2) is 5.69 Å². The number of carboxylic acids is 1. The highest BCUT2D eigenvalue weighted by Gasteiger charge is 2.27. The topological polar surface area (TPSA) is 84.2 Å². The van der Waals surface area contributed by atoms with Crippen LogP contribution in [0.2, 0.25) is 0 Å². The van der Waals surface area contributed by atoms with E-state index in [0.29, 0.717) is 17.8 Å². The maximum atomic E-state index is 13.6. The number of nitrogens with one attached hydrogen (secondary N) is 1. The molecule has 0 radical (unpaired) electrons. The molecule has 1 aliphatic carbocycles. The van der Waals surface area contributed by atoms with Crippen molar-refractivity contribution >= 4 is 11.9 Å². The van der Waals surface area contributed by atoms with E-state index in [1.54, 1.807) is 16.8 Å². The molecule has 7 heteroatoms. The number of aliphatic carboxylic acids is 1. The third-order valence-corrected chi connectivity index (χ3v) is 4.69. The zero-order valence-corrected chi connectivity index (χ0v) is 14.7. The van der Waals surface area contributed by atoms with E-state index in [-0.39, 0.29) is 18.3 Å². The Bertz CT molecular complexity index is 831. The van der Waals surface area contributed by atoms with Crippen molar-refractivity contribution in [2.24, 2.45) is 5.92 Å². The standard InChI is InChI=1S/C19H22FN3O3/c1-2-5-12(19(25)26)11-21-18(24)17-15-8-4-9-16(15)23(22-17)14-7-3-6-13(20)10-14/h3,6-7,10,12H,2,4-5,8-9,11H2,1H3,(H,21,24)(H,25,26). The van der Waals surface area contributed by atoms with Gasteiger partial charge in [-0.15, -0.1) is 0 Å². The van der Waals surface area contributed by atoms with Crippen LogP contribution in [0.25, 0.3) is 5.69 Å². The molecule has 1 aromatic heterocycles. The first kappa shape index (κ1) is 18.1. The van der Waals surface area contributed by atoms with E-state index >= 15 is 0 Å². The molecule has 0 saturated heterocycles. The van der Waals surface area contributed by atoms with E-state index in [1.807, 2.05) is 6.92 Å². The van der Waals surface area contributed by atoms with Crippen LogP contribution < -0.4 is 5.32 Å². The van der Waals surface area contributed by atoms with Crippen molar-refractivity contribution < 1.29 is 19.1 Å². The molecule has 0 aliphatic heterocycles. The molecule has 0 fully saturated rings. The number of hydrogen-bond donors (Lipinski definition) is 2. The Kier molecular flexibility index (Phi) is 5.35. The molecule has 1 aromatic carbocycles. The molecule has 0 bridgehead atoms. The zero-order chi connectivity index (χ0) is 18.7. The van der Waals surface area contributed by atoms with Gasteiger partial charge in [-0.3, -0.25) is 9.59 Å². The van der Waals surface area contributed by atoms with E-state index < -0.39 is 11.9 Å². The molecule has 26 heavy (non-hydrogen) atoms. The lowest BCUT2D eigenvalue weighted by molar-refractivity contribution is -0.141. The van der Waals surface area contributed by atoms with Crippen LogP contribution in [0.5, 0.6) is 0 Å². The van der Waals surface area contributed by atoms with Crippen LogP contribution in [0.3, 0.4) is 0 Å². The van der Waals surface area contributed by atoms with Gasteiger partial charge in [0, 0.05) is 17.8 Å². The lowest BCUT2D eigenvalue weighted by Gasteiger charge is -2.12. The largest absolute Gasteiger partial charge is 0.481 e. The van der Waals surface area contributed by atoms with Gasteiger partial charge in [0.05, 0.1) is 11.6 Å². The maximum Gasteiger partial charge on any atom is 0.308 e. The molecular weight excluding hydrogens is 337 g/mol. The Balaban J connectivity index is 1.83. The Morgan fingerprint density at radius 2 is 2.19 bits per heavy atom. The molecular formula is C19H22FN3O3. The molecule has 138 valence electrons. The van der Waals surface area contributed by atoms with E-state index in [1.165, 1.54) is 12.1 Å². The van der Waals surface area contributed by atoms with Crippen LogP contribution in [0.4, 0.5) is 4.39 Å². The summed E-state index contributed by atoms with van der Waals surface area (Å²) in [5.74, 6) is -2.26. The fourth-order valence-corrected chi connectivity index (χ4v) is 3.40. The van der Waals surface area contributed by atoms with Gasteiger partial charge in [0.1, 0.15) is 5.82 Å². The molecule has 0 spiro atoms. The van der Waals surface area contributed by atoms with Crippen molar-refractivity contribution in [1.29, 1.82) is 0 Å². The summed E-state index contributed by atoms with van der Waals surface area (Å²) < 4.78 is 15.2. The number of carboxylic acid groups (broad SMARTS) is 1. The van der Waals surface area contributed by atoms with Crippen molar-refractivity contribution in [1.82, 2.24) is 15.1 Å². The molecule has 2 aromatic rings. The monoisotopic (exact) mass is 359 g/mol. The van der Waals surface area contributed by atoms with Crippen molar-refractivity contribution in [2.45, 2.75) is 39.0 Å². The third kappa shape index (κ3) is 3.61. The van der Waals surface area contributed by atoms with E-state index in [0.717, 1.165) is 36.9 Å². The molecule has 1 atom stereocenters. The highest BCUT2D eigenvalue weighted by atomic mass is 19.1. The Morgan fingerprint density at radius 1 is 1.38 bits per heavy atom.